The minimum absolute atomic E-state index is 0.0347. The molecule has 2 amide bonds. The first-order valence-corrected chi connectivity index (χ1v) is 14.3. The lowest BCUT2D eigenvalue weighted by Gasteiger charge is -2.36. The molecular weight excluding hydrogens is 510 g/mol. The fraction of sp³-hybridized carbons (Fsp3) is 0.265. The van der Waals surface area contributed by atoms with Gasteiger partial charge in [0.25, 0.3) is 5.91 Å². The molecule has 1 aliphatic carbocycles. The second-order valence-corrected chi connectivity index (χ2v) is 10.8. The SMILES string of the molecule is N#Cc1ccc(N(C(=O)CN(CCc2c[nH]c3ccccc23)C(=O)c2cc3ccccc3[nH]2)C2CCCCC2)cc1. The Morgan fingerprint density at radius 1 is 0.902 bits per heavy atom. The third kappa shape index (κ3) is 5.59. The Balaban J connectivity index is 1.30. The van der Waals surface area contributed by atoms with E-state index in [1.165, 1.54) is 6.42 Å². The lowest BCUT2D eigenvalue weighted by atomic mass is 9.93. The Kier molecular flexibility index (Phi) is 7.55. The predicted octanol–water partition coefficient (Wildman–Crippen LogP) is 6.57. The molecule has 2 heterocycles. The average molecular weight is 544 g/mol. The van der Waals surface area contributed by atoms with Crippen LogP contribution in [0.1, 0.15) is 53.7 Å². The molecule has 3 aromatic carbocycles. The Morgan fingerprint density at radius 3 is 2.39 bits per heavy atom. The van der Waals surface area contributed by atoms with E-state index in [1.54, 1.807) is 17.0 Å². The van der Waals surface area contributed by atoms with E-state index in [2.05, 4.69) is 22.1 Å². The third-order valence-electron chi connectivity index (χ3n) is 8.18. The summed E-state index contributed by atoms with van der Waals surface area (Å²) >= 11 is 0. The number of anilines is 1. The van der Waals surface area contributed by atoms with E-state index in [4.69, 9.17) is 0 Å². The topological polar surface area (TPSA) is 96.0 Å². The highest BCUT2D eigenvalue weighted by Gasteiger charge is 2.30. The molecule has 7 heteroatoms. The second kappa shape index (κ2) is 11.7. The number of para-hydroxylation sites is 2. The zero-order valence-corrected chi connectivity index (χ0v) is 23.0. The van der Waals surface area contributed by atoms with Gasteiger partial charge in [0.1, 0.15) is 12.2 Å². The second-order valence-electron chi connectivity index (χ2n) is 10.8. The van der Waals surface area contributed by atoms with Gasteiger partial charge >= 0.3 is 0 Å². The van der Waals surface area contributed by atoms with E-state index in [0.29, 0.717) is 24.2 Å². The molecule has 41 heavy (non-hydrogen) atoms. The van der Waals surface area contributed by atoms with Gasteiger partial charge in [-0.1, -0.05) is 55.7 Å². The number of hydrogen-bond acceptors (Lipinski definition) is 3. The molecule has 1 saturated carbocycles. The monoisotopic (exact) mass is 543 g/mol. The molecule has 2 N–H and O–H groups in total. The average Bonchev–Trinajstić information content (AvgIpc) is 3.64. The number of H-pyrrole nitrogens is 2. The first kappa shape index (κ1) is 26.4. The number of nitriles is 1. The van der Waals surface area contributed by atoms with Crippen LogP contribution in [0.5, 0.6) is 0 Å². The molecule has 0 aliphatic heterocycles. The van der Waals surface area contributed by atoms with E-state index in [0.717, 1.165) is 58.7 Å². The number of nitrogens with one attached hydrogen (secondary N) is 2. The highest BCUT2D eigenvalue weighted by atomic mass is 16.2. The van der Waals surface area contributed by atoms with Crippen molar-refractivity contribution in [3.63, 3.8) is 0 Å². The first-order chi connectivity index (χ1) is 20.1. The summed E-state index contributed by atoms with van der Waals surface area (Å²) in [6, 6.07) is 27.2. The van der Waals surface area contributed by atoms with Gasteiger partial charge in [-0.15, -0.1) is 0 Å². The van der Waals surface area contributed by atoms with Crippen LogP contribution in [0.25, 0.3) is 21.8 Å². The quantitative estimate of drug-likeness (QED) is 0.232. The van der Waals surface area contributed by atoms with Gasteiger partial charge in [-0.2, -0.15) is 5.26 Å². The number of carbonyl (C=O) groups excluding carboxylic acids is 2. The largest absolute Gasteiger partial charge is 0.361 e. The van der Waals surface area contributed by atoms with Gasteiger partial charge in [0, 0.05) is 46.3 Å². The van der Waals surface area contributed by atoms with Crippen molar-refractivity contribution in [1.82, 2.24) is 14.9 Å². The summed E-state index contributed by atoms with van der Waals surface area (Å²) in [5.74, 6) is -0.303. The summed E-state index contributed by atoms with van der Waals surface area (Å²) in [7, 11) is 0. The van der Waals surface area contributed by atoms with Gasteiger partial charge < -0.3 is 19.8 Å². The van der Waals surface area contributed by atoms with Crippen LogP contribution >= 0.6 is 0 Å². The Morgan fingerprint density at radius 2 is 1.63 bits per heavy atom. The molecule has 5 aromatic rings. The number of rotatable bonds is 8. The minimum Gasteiger partial charge on any atom is -0.361 e. The Bertz CT molecular complexity index is 1690. The van der Waals surface area contributed by atoms with Crippen LogP contribution in [0.4, 0.5) is 5.69 Å². The van der Waals surface area contributed by atoms with Crippen molar-refractivity contribution < 1.29 is 9.59 Å². The number of fused-ring (bicyclic) bond motifs is 2. The van der Waals surface area contributed by atoms with Crippen LogP contribution in [0.15, 0.2) is 85.1 Å². The van der Waals surface area contributed by atoms with Crippen molar-refractivity contribution in [2.24, 2.45) is 0 Å². The maximum absolute atomic E-state index is 14.1. The number of aromatic nitrogens is 2. The summed E-state index contributed by atoms with van der Waals surface area (Å²) < 4.78 is 0. The van der Waals surface area contributed by atoms with Crippen LogP contribution < -0.4 is 4.90 Å². The maximum atomic E-state index is 14.1. The fourth-order valence-corrected chi connectivity index (χ4v) is 6.04. The molecule has 1 aliphatic rings. The zero-order valence-electron chi connectivity index (χ0n) is 23.0. The smallest absolute Gasteiger partial charge is 0.270 e. The number of hydrogen-bond donors (Lipinski definition) is 2. The molecule has 0 spiro atoms. The van der Waals surface area contributed by atoms with Crippen LogP contribution in [0, 0.1) is 11.3 Å². The molecule has 2 aromatic heterocycles. The summed E-state index contributed by atoms with van der Waals surface area (Å²) in [6.45, 7) is 0.362. The zero-order chi connectivity index (χ0) is 28.2. The van der Waals surface area contributed by atoms with Gasteiger partial charge in [0.05, 0.1) is 11.6 Å². The summed E-state index contributed by atoms with van der Waals surface area (Å²) in [6.07, 6.45) is 7.77. The van der Waals surface area contributed by atoms with E-state index in [9.17, 15) is 14.9 Å². The van der Waals surface area contributed by atoms with Crippen molar-refractivity contribution in [2.75, 3.05) is 18.0 Å². The van der Waals surface area contributed by atoms with Gasteiger partial charge in [-0.3, -0.25) is 9.59 Å². The van der Waals surface area contributed by atoms with Gasteiger partial charge in [0.2, 0.25) is 5.91 Å². The van der Waals surface area contributed by atoms with E-state index in [-0.39, 0.29) is 24.4 Å². The van der Waals surface area contributed by atoms with Gasteiger partial charge in [0.15, 0.2) is 0 Å². The van der Waals surface area contributed by atoms with E-state index < -0.39 is 0 Å². The molecule has 0 unspecified atom stereocenters. The Labute approximate surface area is 239 Å². The maximum Gasteiger partial charge on any atom is 0.270 e. The number of amides is 2. The van der Waals surface area contributed by atoms with Crippen LogP contribution in [0.2, 0.25) is 0 Å². The number of nitrogens with zero attached hydrogens (tertiary/aromatic N) is 3. The molecule has 0 atom stereocenters. The van der Waals surface area contributed by atoms with Crippen molar-refractivity contribution in [3.05, 3.63) is 102 Å². The molecular formula is C34H33N5O2. The molecule has 1 fully saturated rings. The highest BCUT2D eigenvalue weighted by Crippen LogP contribution is 2.28. The van der Waals surface area contributed by atoms with Crippen LogP contribution in [-0.4, -0.2) is 45.8 Å². The fourth-order valence-electron chi connectivity index (χ4n) is 6.04. The number of benzene rings is 3. The number of aromatic amines is 2. The third-order valence-corrected chi connectivity index (χ3v) is 8.18. The summed E-state index contributed by atoms with van der Waals surface area (Å²) in [4.78, 5) is 38.2. The molecule has 6 rings (SSSR count). The number of carbonyl (C=O) groups is 2. The van der Waals surface area contributed by atoms with Crippen molar-refractivity contribution in [2.45, 2.75) is 44.6 Å². The standard InChI is InChI=1S/C34H33N5O2/c35-21-24-14-16-28(17-15-24)39(27-9-2-1-3-10-27)33(40)23-38(19-18-26-22-36-31-13-7-5-11-29(26)31)34(41)32-20-25-8-4-6-12-30(25)37-32/h4-8,11-17,20,22,27,36-37H,1-3,9-10,18-19,23H2. The first-order valence-electron chi connectivity index (χ1n) is 14.3. The normalized spacial score (nSPS) is 13.7. The molecule has 0 bridgehead atoms. The van der Waals surface area contributed by atoms with Crippen LogP contribution in [0.3, 0.4) is 0 Å². The van der Waals surface area contributed by atoms with E-state index in [1.807, 2.05) is 71.8 Å². The summed E-state index contributed by atoms with van der Waals surface area (Å²) in [5.41, 5.74) is 4.85. The molecule has 7 nitrogen and oxygen atoms in total. The molecule has 0 saturated heterocycles. The van der Waals surface area contributed by atoms with Crippen LogP contribution in [-0.2, 0) is 11.2 Å². The van der Waals surface area contributed by atoms with Gasteiger partial charge in [-0.25, -0.2) is 0 Å². The lowest BCUT2D eigenvalue weighted by Crippen LogP contribution is -2.48. The predicted molar refractivity (Wildman–Crippen MR) is 162 cm³/mol. The Hall–Kier alpha value is -4.83. The molecule has 206 valence electrons. The van der Waals surface area contributed by atoms with Crippen molar-refractivity contribution in [3.8, 4) is 6.07 Å². The highest BCUT2D eigenvalue weighted by molar-refractivity contribution is 6.02. The van der Waals surface area contributed by atoms with Crippen molar-refractivity contribution in [1.29, 1.82) is 5.26 Å². The lowest BCUT2D eigenvalue weighted by molar-refractivity contribution is -0.120. The summed E-state index contributed by atoms with van der Waals surface area (Å²) in [5, 5.41) is 11.4. The molecule has 0 radical (unpaired) electrons. The van der Waals surface area contributed by atoms with Crippen molar-refractivity contribution >= 4 is 39.3 Å². The van der Waals surface area contributed by atoms with Gasteiger partial charge in [-0.05, 0) is 67.3 Å². The van der Waals surface area contributed by atoms with E-state index >= 15 is 0 Å². The minimum atomic E-state index is -0.196.